The van der Waals surface area contributed by atoms with Crippen LogP contribution in [0.25, 0.3) is 0 Å². The van der Waals surface area contributed by atoms with Crippen molar-refractivity contribution < 1.29 is 38.9 Å². The normalized spacial score (nSPS) is 9.41. The average Bonchev–Trinajstić information content (AvgIpc) is 2.63. The van der Waals surface area contributed by atoms with Gasteiger partial charge in [-0.05, 0) is 12.1 Å². The molecule has 0 aromatic carbocycles. The molecule has 17 heavy (non-hydrogen) atoms. The Balaban J connectivity index is 2.77. The van der Waals surface area contributed by atoms with Crippen LogP contribution in [0.4, 0.5) is 9.59 Å². The van der Waals surface area contributed by atoms with Crippen molar-refractivity contribution in [3.63, 3.8) is 0 Å². The lowest BCUT2D eigenvalue weighted by Gasteiger charge is -1.94. The van der Waals surface area contributed by atoms with E-state index in [2.05, 4.69) is 9.47 Å². The first kappa shape index (κ1) is 12.6. The van der Waals surface area contributed by atoms with Gasteiger partial charge in [0.2, 0.25) is 0 Å². The first-order valence-electron chi connectivity index (χ1n) is 3.90. The van der Waals surface area contributed by atoms with Crippen LogP contribution in [0.2, 0.25) is 0 Å². The molecule has 0 amide bonds. The van der Waals surface area contributed by atoms with Gasteiger partial charge >= 0.3 is 24.2 Å². The minimum absolute atomic E-state index is 0.162. The van der Waals surface area contributed by atoms with E-state index in [4.69, 9.17) is 10.2 Å². The van der Waals surface area contributed by atoms with E-state index in [0.717, 1.165) is 12.1 Å². The van der Waals surface area contributed by atoms with Crippen molar-refractivity contribution in [2.45, 2.75) is 0 Å². The molecule has 9 heteroatoms. The molecule has 0 spiro atoms. The molecule has 0 fully saturated rings. The van der Waals surface area contributed by atoms with E-state index in [9.17, 15) is 19.2 Å². The van der Waals surface area contributed by atoms with Crippen molar-refractivity contribution in [1.29, 1.82) is 0 Å². The molecule has 0 aliphatic heterocycles. The van der Waals surface area contributed by atoms with Gasteiger partial charge in [-0.15, -0.1) is 11.3 Å². The summed E-state index contributed by atoms with van der Waals surface area (Å²) in [4.78, 5) is 41.9. The number of ether oxygens (including phenoxy) is 2. The second-order valence-corrected chi connectivity index (χ2v) is 3.56. The molecule has 0 bridgehead atoms. The summed E-state index contributed by atoms with van der Waals surface area (Å²) < 4.78 is 7.66. The summed E-state index contributed by atoms with van der Waals surface area (Å²) in [6.45, 7) is 0. The van der Waals surface area contributed by atoms with Gasteiger partial charge in [0, 0.05) is 0 Å². The molecule has 1 rings (SSSR count). The molecule has 2 N–H and O–H groups in total. The van der Waals surface area contributed by atoms with Gasteiger partial charge in [0.15, 0.2) is 0 Å². The van der Waals surface area contributed by atoms with Crippen LogP contribution in [0, 0.1) is 0 Å². The standard InChI is InChI=1S/C8H4O8S/c9-5(15-7(11)12)3-1-2-4(17-3)6(10)16-8(13)14/h1-2H,(H,11,12)(H,13,14). The van der Waals surface area contributed by atoms with E-state index >= 15 is 0 Å². The molecule has 1 aromatic rings. The zero-order valence-electron chi connectivity index (χ0n) is 7.91. The summed E-state index contributed by atoms with van der Waals surface area (Å²) in [5, 5.41) is 16.3. The van der Waals surface area contributed by atoms with Crippen molar-refractivity contribution in [2.24, 2.45) is 0 Å². The van der Waals surface area contributed by atoms with Crippen LogP contribution >= 0.6 is 11.3 Å². The minimum Gasteiger partial charge on any atom is -0.449 e. The number of hydrogen-bond acceptors (Lipinski definition) is 7. The van der Waals surface area contributed by atoms with Crippen molar-refractivity contribution in [3.8, 4) is 0 Å². The number of carboxylic acid groups (broad SMARTS) is 2. The molecule has 0 saturated heterocycles. The molecule has 1 aromatic heterocycles. The number of thiophene rings is 1. The molecule has 0 saturated carbocycles. The number of hydrogen-bond donors (Lipinski definition) is 2. The van der Waals surface area contributed by atoms with Gasteiger partial charge in [-0.2, -0.15) is 0 Å². The fourth-order valence-corrected chi connectivity index (χ4v) is 1.58. The molecule has 0 atom stereocenters. The van der Waals surface area contributed by atoms with Gasteiger partial charge in [0.05, 0.1) is 0 Å². The zero-order chi connectivity index (χ0) is 13.0. The molecule has 0 unspecified atom stereocenters. The lowest BCUT2D eigenvalue weighted by molar-refractivity contribution is 0.0497. The van der Waals surface area contributed by atoms with Gasteiger partial charge < -0.3 is 19.7 Å². The molecule has 8 nitrogen and oxygen atoms in total. The average molecular weight is 260 g/mol. The van der Waals surface area contributed by atoms with Crippen molar-refractivity contribution in [2.75, 3.05) is 0 Å². The highest BCUT2D eigenvalue weighted by molar-refractivity contribution is 7.15. The predicted molar refractivity (Wildman–Crippen MR) is 51.2 cm³/mol. The Labute approximate surface area is 97.0 Å². The van der Waals surface area contributed by atoms with Gasteiger partial charge in [-0.3, -0.25) is 0 Å². The molecular formula is C8H4O8S. The van der Waals surface area contributed by atoms with Crippen LogP contribution < -0.4 is 0 Å². The Bertz CT molecular complexity index is 445. The lowest BCUT2D eigenvalue weighted by Crippen LogP contribution is -2.09. The van der Waals surface area contributed by atoms with Crippen LogP contribution in [-0.2, 0) is 9.47 Å². The van der Waals surface area contributed by atoms with Crippen LogP contribution in [0.5, 0.6) is 0 Å². The fraction of sp³-hybridized carbons (Fsp3) is 0. The highest BCUT2D eigenvalue weighted by atomic mass is 32.1. The Kier molecular flexibility index (Phi) is 3.78. The Morgan fingerprint density at radius 3 is 1.53 bits per heavy atom. The van der Waals surface area contributed by atoms with Crippen LogP contribution in [0.1, 0.15) is 19.3 Å². The third-order valence-corrected chi connectivity index (χ3v) is 2.41. The fourth-order valence-electron chi connectivity index (χ4n) is 0.816. The second-order valence-electron chi connectivity index (χ2n) is 2.47. The molecule has 0 aliphatic carbocycles. The number of esters is 2. The largest absolute Gasteiger partial charge is 0.513 e. The van der Waals surface area contributed by atoms with E-state index in [1.165, 1.54) is 0 Å². The van der Waals surface area contributed by atoms with Gasteiger partial charge in [0.1, 0.15) is 9.75 Å². The van der Waals surface area contributed by atoms with Crippen molar-refractivity contribution in [1.82, 2.24) is 0 Å². The number of carbonyl (C=O) groups is 4. The topological polar surface area (TPSA) is 127 Å². The maximum atomic E-state index is 11.1. The summed E-state index contributed by atoms with van der Waals surface area (Å²) in [5.41, 5.74) is 0. The highest BCUT2D eigenvalue weighted by Gasteiger charge is 2.19. The van der Waals surface area contributed by atoms with Gasteiger partial charge in [-0.1, -0.05) is 0 Å². The Morgan fingerprint density at radius 1 is 0.882 bits per heavy atom. The van der Waals surface area contributed by atoms with E-state index in [1.54, 1.807) is 0 Å². The minimum atomic E-state index is -1.78. The monoisotopic (exact) mass is 260 g/mol. The maximum Gasteiger partial charge on any atom is 0.513 e. The summed E-state index contributed by atoms with van der Waals surface area (Å²) >= 11 is 0.557. The quantitative estimate of drug-likeness (QED) is 0.603. The van der Waals surface area contributed by atoms with E-state index in [0.29, 0.717) is 11.3 Å². The van der Waals surface area contributed by atoms with Crippen LogP contribution in [0.15, 0.2) is 12.1 Å². The summed E-state index contributed by atoms with van der Waals surface area (Å²) in [7, 11) is 0. The first-order chi connectivity index (χ1) is 7.90. The summed E-state index contributed by atoms with van der Waals surface area (Å²) in [6, 6.07) is 2.24. The third-order valence-electron chi connectivity index (χ3n) is 1.37. The SMILES string of the molecule is O=C(O)OC(=O)c1ccc(C(=O)OC(=O)O)s1. The molecule has 0 radical (unpaired) electrons. The first-order valence-corrected chi connectivity index (χ1v) is 4.72. The van der Waals surface area contributed by atoms with Crippen molar-refractivity contribution in [3.05, 3.63) is 21.9 Å². The van der Waals surface area contributed by atoms with E-state index in [1.807, 2.05) is 0 Å². The highest BCUT2D eigenvalue weighted by Crippen LogP contribution is 2.18. The predicted octanol–water partition coefficient (Wildman–Crippen LogP) is 1.42. The Morgan fingerprint density at radius 2 is 1.24 bits per heavy atom. The molecule has 90 valence electrons. The third kappa shape index (κ3) is 3.57. The molecule has 0 aliphatic rings. The maximum absolute atomic E-state index is 11.1. The smallest absolute Gasteiger partial charge is 0.449 e. The number of rotatable bonds is 2. The molecular weight excluding hydrogens is 256 g/mol. The van der Waals surface area contributed by atoms with Crippen LogP contribution in [-0.4, -0.2) is 34.5 Å². The zero-order valence-corrected chi connectivity index (χ0v) is 8.72. The Hall–Kier alpha value is -2.42. The molecule has 1 heterocycles. The van der Waals surface area contributed by atoms with Crippen LogP contribution in [0.3, 0.4) is 0 Å². The summed E-state index contributed by atoms with van der Waals surface area (Å²) in [6.07, 6.45) is -3.56. The van der Waals surface area contributed by atoms with Crippen molar-refractivity contribution >= 4 is 35.6 Å². The number of carbonyl (C=O) groups excluding carboxylic acids is 2. The van der Waals surface area contributed by atoms with Gasteiger partial charge in [0.25, 0.3) is 0 Å². The van der Waals surface area contributed by atoms with E-state index < -0.39 is 24.2 Å². The van der Waals surface area contributed by atoms with Gasteiger partial charge in [-0.25, -0.2) is 19.2 Å². The second kappa shape index (κ2) is 5.07. The lowest BCUT2D eigenvalue weighted by atomic mass is 10.4. The van der Waals surface area contributed by atoms with E-state index in [-0.39, 0.29) is 9.75 Å². The summed E-state index contributed by atoms with van der Waals surface area (Å²) in [5.74, 6) is -2.31.